The highest BCUT2D eigenvalue weighted by molar-refractivity contribution is 14.1. The predicted octanol–water partition coefficient (Wildman–Crippen LogP) is 4.32. The molecule has 0 amide bonds. The van der Waals surface area contributed by atoms with Crippen molar-refractivity contribution in [1.29, 1.82) is 0 Å². The second-order valence-corrected chi connectivity index (χ2v) is 9.81. The van der Waals surface area contributed by atoms with Crippen molar-refractivity contribution in [3.63, 3.8) is 0 Å². The normalized spacial score (nSPS) is 11.9. The highest BCUT2D eigenvalue weighted by atomic mass is 127. The van der Waals surface area contributed by atoms with Gasteiger partial charge < -0.3 is 13.3 Å². The Morgan fingerprint density at radius 3 is 1.48 bits per heavy atom. The van der Waals surface area contributed by atoms with Gasteiger partial charge in [0.05, 0.1) is 0 Å². The van der Waals surface area contributed by atoms with E-state index in [1.165, 1.54) is 7.14 Å². The fourth-order valence-corrected chi connectivity index (χ4v) is 7.17. The number of halogens is 2. The highest BCUT2D eigenvalue weighted by Gasteiger charge is 2.44. The molecule has 0 N–H and O–H groups in total. The lowest BCUT2D eigenvalue weighted by Gasteiger charge is -2.30. The van der Waals surface area contributed by atoms with E-state index in [9.17, 15) is 0 Å². The molecule has 0 saturated carbocycles. The van der Waals surface area contributed by atoms with Crippen LogP contribution in [0.25, 0.3) is 0 Å². The molecule has 0 bridgehead atoms. The molecule has 6 heteroatoms. The van der Waals surface area contributed by atoms with Crippen LogP contribution in [0.4, 0.5) is 0 Å². The largest absolute Gasteiger partial charge is 0.537 e. The van der Waals surface area contributed by atoms with E-state index in [1.807, 2.05) is 0 Å². The average molecular weight is 534 g/mol. The first-order valence-corrected chi connectivity index (χ1v) is 11.3. The molecule has 0 aliphatic rings. The average Bonchev–Trinajstić information content (AvgIpc) is 2.46. The highest BCUT2D eigenvalue weighted by Crippen LogP contribution is 2.17. The molecule has 3 nitrogen and oxygen atoms in total. The van der Waals surface area contributed by atoms with Crippen LogP contribution in [0, 0.1) is 7.14 Å². The summed E-state index contributed by atoms with van der Waals surface area (Å²) >= 11 is 4.67. The van der Waals surface area contributed by atoms with Crippen LogP contribution in [0.2, 0.25) is 0 Å². The second kappa shape index (κ2) is 10.5. The summed E-state index contributed by atoms with van der Waals surface area (Å²) in [5.74, 6) is 0. The molecule has 0 radical (unpaired) electrons. The standard InChI is InChI=1S/C15H24I2O3Si/c1-4-7-18-21(19-8-5-2,20-9-6-3)15-11-13(16)10-14(17)12-15/h10-12H,4-9H2,1-3H3. The zero-order valence-corrected chi connectivity index (χ0v) is 18.3. The van der Waals surface area contributed by atoms with Gasteiger partial charge in [0.15, 0.2) is 0 Å². The van der Waals surface area contributed by atoms with Crippen molar-refractivity contribution in [2.24, 2.45) is 0 Å². The maximum absolute atomic E-state index is 6.17. The summed E-state index contributed by atoms with van der Waals surface area (Å²) in [6, 6.07) is 6.41. The molecule has 1 aromatic carbocycles. The van der Waals surface area contributed by atoms with E-state index in [0.717, 1.165) is 24.4 Å². The summed E-state index contributed by atoms with van der Waals surface area (Å²) in [4.78, 5) is 0. The van der Waals surface area contributed by atoms with E-state index in [2.05, 4.69) is 84.2 Å². The lowest BCUT2D eigenvalue weighted by Crippen LogP contribution is -2.57. The monoisotopic (exact) mass is 534 g/mol. The molecule has 1 rings (SSSR count). The summed E-state index contributed by atoms with van der Waals surface area (Å²) in [6.45, 7) is 8.33. The Labute approximate surface area is 156 Å². The van der Waals surface area contributed by atoms with E-state index >= 15 is 0 Å². The quantitative estimate of drug-likeness (QED) is 0.331. The van der Waals surface area contributed by atoms with Crippen molar-refractivity contribution in [2.45, 2.75) is 40.0 Å². The first-order valence-electron chi connectivity index (χ1n) is 7.46. The van der Waals surface area contributed by atoms with Gasteiger partial charge in [-0.25, -0.2) is 0 Å². The molecule has 21 heavy (non-hydrogen) atoms. The van der Waals surface area contributed by atoms with E-state index in [0.29, 0.717) is 19.8 Å². The van der Waals surface area contributed by atoms with Gasteiger partial charge in [-0.05, 0) is 82.6 Å². The summed E-state index contributed by atoms with van der Waals surface area (Å²) in [7, 11) is -2.81. The third-order valence-corrected chi connectivity index (χ3v) is 6.70. The van der Waals surface area contributed by atoms with Gasteiger partial charge in [-0.3, -0.25) is 0 Å². The second-order valence-electron chi connectivity index (χ2n) is 4.76. The lowest BCUT2D eigenvalue weighted by atomic mass is 10.4. The van der Waals surface area contributed by atoms with Gasteiger partial charge in [0.1, 0.15) is 0 Å². The smallest absolute Gasteiger partial charge is 0.370 e. The Morgan fingerprint density at radius 2 is 1.14 bits per heavy atom. The molecule has 0 aliphatic carbocycles. The molecular formula is C15H24I2O3Si. The summed E-state index contributed by atoms with van der Waals surface area (Å²) < 4.78 is 20.9. The molecule has 0 aromatic heterocycles. The minimum atomic E-state index is -2.81. The van der Waals surface area contributed by atoms with Crippen LogP contribution in [0.1, 0.15) is 40.0 Å². The first kappa shape index (κ1) is 19.8. The first-order chi connectivity index (χ1) is 10.1. The van der Waals surface area contributed by atoms with Crippen molar-refractivity contribution in [3.05, 3.63) is 25.3 Å². The van der Waals surface area contributed by atoms with E-state index < -0.39 is 8.80 Å². The van der Waals surface area contributed by atoms with Gasteiger partial charge in [-0.2, -0.15) is 0 Å². The van der Waals surface area contributed by atoms with Crippen LogP contribution >= 0.6 is 45.2 Å². The van der Waals surface area contributed by atoms with Gasteiger partial charge >= 0.3 is 8.80 Å². The zero-order chi connectivity index (χ0) is 15.7. The number of rotatable bonds is 10. The van der Waals surface area contributed by atoms with Crippen LogP contribution in [0.3, 0.4) is 0 Å². The fraction of sp³-hybridized carbons (Fsp3) is 0.600. The van der Waals surface area contributed by atoms with E-state index in [-0.39, 0.29) is 0 Å². The fourth-order valence-electron chi connectivity index (χ4n) is 1.81. The molecule has 0 aliphatic heterocycles. The molecule has 0 atom stereocenters. The third kappa shape index (κ3) is 6.42. The van der Waals surface area contributed by atoms with Gasteiger partial charge in [0.2, 0.25) is 0 Å². The van der Waals surface area contributed by atoms with Crippen molar-refractivity contribution in [3.8, 4) is 0 Å². The number of hydrogen-bond acceptors (Lipinski definition) is 3. The molecule has 120 valence electrons. The maximum atomic E-state index is 6.17. The Morgan fingerprint density at radius 1 is 0.762 bits per heavy atom. The van der Waals surface area contributed by atoms with Crippen LogP contribution in [0.15, 0.2) is 18.2 Å². The van der Waals surface area contributed by atoms with Crippen molar-refractivity contribution < 1.29 is 13.3 Å². The Balaban J connectivity index is 3.15. The SMILES string of the molecule is CCCO[Si](OCCC)(OCCC)c1cc(I)cc(I)c1. The summed E-state index contributed by atoms with van der Waals surface area (Å²) in [6.07, 6.45) is 2.88. The lowest BCUT2D eigenvalue weighted by molar-refractivity contribution is 0.0731. The molecule has 1 aromatic rings. The topological polar surface area (TPSA) is 27.7 Å². The molecule has 0 heterocycles. The molecule has 0 unspecified atom stereocenters. The summed E-state index contributed by atoms with van der Waals surface area (Å²) in [5, 5.41) is 1.08. The van der Waals surface area contributed by atoms with Crippen LogP contribution in [0.5, 0.6) is 0 Å². The van der Waals surface area contributed by atoms with Gasteiger partial charge in [-0.1, -0.05) is 20.8 Å². The van der Waals surface area contributed by atoms with Crippen LogP contribution in [-0.2, 0) is 13.3 Å². The number of hydrogen-bond donors (Lipinski definition) is 0. The third-order valence-electron chi connectivity index (χ3n) is 2.70. The van der Waals surface area contributed by atoms with Crippen molar-refractivity contribution >= 4 is 59.2 Å². The number of benzene rings is 1. The maximum Gasteiger partial charge on any atom is 0.537 e. The Hall–Kier alpha value is 0.777. The van der Waals surface area contributed by atoms with Crippen molar-refractivity contribution in [1.82, 2.24) is 0 Å². The van der Waals surface area contributed by atoms with E-state index in [4.69, 9.17) is 13.3 Å². The Kier molecular flexibility index (Phi) is 9.94. The van der Waals surface area contributed by atoms with Crippen LogP contribution < -0.4 is 5.19 Å². The van der Waals surface area contributed by atoms with Gasteiger partial charge in [-0.15, -0.1) is 0 Å². The minimum absolute atomic E-state index is 0.668. The van der Waals surface area contributed by atoms with Gasteiger partial charge in [0, 0.05) is 32.1 Å². The zero-order valence-electron chi connectivity index (χ0n) is 13.0. The predicted molar refractivity (Wildman–Crippen MR) is 106 cm³/mol. The van der Waals surface area contributed by atoms with Crippen LogP contribution in [-0.4, -0.2) is 28.6 Å². The summed E-state index contributed by atoms with van der Waals surface area (Å²) in [5.41, 5.74) is 0. The Bertz CT molecular complexity index is 387. The molecule has 0 saturated heterocycles. The van der Waals surface area contributed by atoms with E-state index in [1.54, 1.807) is 0 Å². The van der Waals surface area contributed by atoms with Crippen molar-refractivity contribution in [2.75, 3.05) is 19.8 Å². The molecular weight excluding hydrogens is 510 g/mol. The molecule has 0 fully saturated rings. The van der Waals surface area contributed by atoms with Gasteiger partial charge in [0.25, 0.3) is 0 Å². The minimum Gasteiger partial charge on any atom is -0.370 e. The molecule has 0 spiro atoms.